The van der Waals surface area contributed by atoms with E-state index >= 15 is 0 Å². The van der Waals surface area contributed by atoms with Crippen LogP contribution in [0.1, 0.15) is 40.7 Å². The minimum Gasteiger partial charge on any atom is -0.469 e. The van der Waals surface area contributed by atoms with Gasteiger partial charge in [0.2, 0.25) is 6.79 Å². The van der Waals surface area contributed by atoms with Crippen molar-refractivity contribution >= 4 is 17.3 Å². The molecule has 1 aliphatic rings. The number of benzene rings is 2. The second-order valence-corrected chi connectivity index (χ2v) is 6.17. The summed E-state index contributed by atoms with van der Waals surface area (Å²) in [5.74, 6) is -0.112. The summed E-state index contributed by atoms with van der Waals surface area (Å²) in [5, 5.41) is 0. The normalized spacial score (nSPS) is 13.2. The molecule has 5 nitrogen and oxygen atoms in total. The van der Waals surface area contributed by atoms with Gasteiger partial charge in [-0.1, -0.05) is 42.5 Å². The highest BCUT2D eigenvalue weighted by Gasteiger charge is 2.27. The van der Waals surface area contributed by atoms with Gasteiger partial charge in [-0.05, 0) is 30.2 Å². The highest BCUT2D eigenvalue weighted by molar-refractivity contribution is 5.99. The van der Waals surface area contributed by atoms with Crippen molar-refractivity contribution in [2.75, 3.05) is 13.9 Å². The molecule has 0 N–H and O–H groups in total. The van der Waals surface area contributed by atoms with Gasteiger partial charge < -0.3 is 14.2 Å². The van der Waals surface area contributed by atoms with Crippen LogP contribution < -0.4 is 9.47 Å². The van der Waals surface area contributed by atoms with Crippen molar-refractivity contribution in [1.82, 2.24) is 0 Å². The molecule has 0 bridgehead atoms. The van der Waals surface area contributed by atoms with Crippen molar-refractivity contribution in [3.8, 4) is 11.5 Å². The molecular weight excluding hydrogens is 332 g/mol. The van der Waals surface area contributed by atoms with Gasteiger partial charge in [0, 0.05) is 12.0 Å². The highest BCUT2D eigenvalue weighted by Crippen LogP contribution is 2.36. The van der Waals surface area contributed by atoms with Crippen LogP contribution >= 0.6 is 0 Å². The lowest BCUT2D eigenvalue weighted by molar-refractivity contribution is -0.142. The van der Waals surface area contributed by atoms with E-state index in [4.69, 9.17) is 14.2 Å². The number of carbonyl (C=O) groups is 2. The van der Waals surface area contributed by atoms with E-state index in [2.05, 4.69) is 6.58 Å². The maximum absolute atomic E-state index is 12.7. The molecule has 0 spiro atoms. The van der Waals surface area contributed by atoms with E-state index in [-0.39, 0.29) is 19.0 Å². The zero-order chi connectivity index (χ0) is 18.7. The third-order valence-electron chi connectivity index (χ3n) is 4.37. The first-order valence-corrected chi connectivity index (χ1v) is 8.26. The molecule has 2 aromatic rings. The smallest absolute Gasteiger partial charge is 0.313 e. The summed E-state index contributed by atoms with van der Waals surface area (Å²) < 4.78 is 15.5. The van der Waals surface area contributed by atoms with E-state index < -0.39 is 11.9 Å². The Balaban J connectivity index is 1.83. The lowest BCUT2D eigenvalue weighted by atomic mass is 9.91. The molecule has 0 radical (unpaired) electrons. The van der Waals surface area contributed by atoms with Crippen LogP contribution in [0.15, 0.2) is 49.0 Å². The van der Waals surface area contributed by atoms with E-state index in [1.165, 1.54) is 7.11 Å². The molecule has 1 heterocycles. The predicted molar refractivity (Wildman–Crippen MR) is 97.4 cm³/mol. The van der Waals surface area contributed by atoms with Crippen molar-refractivity contribution in [2.45, 2.75) is 19.3 Å². The van der Waals surface area contributed by atoms with Crippen LogP contribution in [0, 0.1) is 0 Å². The van der Waals surface area contributed by atoms with Gasteiger partial charge in [0.05, 0.1) is 13.0 Å². The van der Waals surface area contributed by atoms with Crippen LogP contribution in [0.4, 0.5) is 0 Å². The first-order chi connectivity index (χ1) is 12.5. The number of hydrogen-bond acceptors (Lipinski definition) is 5. The van der Waals surface area contributed by atoms with Crippen molar-refractivity contribution < 1.29 is 23.8 Å². The summed E-state index contributed by atoms with van der Waals surface area (Å²) in [6, 6.07) is 12.4. The van der Waals surface area contributed by atoms with E-state index in [9.17, 15) is 9.59 Å². The summed E-state index contributed by atoms with van der Waals surface area (Å²) in [4.78, 5) is 24.9. The Morgan fingerprint density at radius 1 is 1.08 bits per heavy atom. The lowest BCUT2D eigenvalue weighted by Crippen LogP contribution is -2.18. The first kappa shape index (κ1) is 17.7. The fourth-order valence-corrected chi connectivity index (χ4v) is 2.85. The number of carbonyl (C=O) groups excluding carboxylic acids is 2. The van der Waals surface area contributed by atoms with Crippen molar-refractivity contribution in [3.05, 3.63) is 65.7 Å². The molecule has 1 unspecified atom stereocenters. The fraction of sp³-hybridized carbons (Fsp3) is 0.238. The third kappa shape index (κ3) is 3.61. The van der Waals surface area contributed by atoms with Gasteiger partial charge in [0.1, 0.15) is 0 Å². The highest BCUT2D eigenvalue weighted by atomic mass is 16.7. The summed E-state index contributed by atoms with van der Waals surface area (Å²) in [6.45, 7) is 5.94. The molecule has 0 saturated carbocycles. The molecule has 3 rings (SSSR count). The first-order valence-electron chi connectivity index (χ1n) is 8.26. The number of ketones is 1. The zero-order valence-electron chi connectivity index (χ0n) is 14.8. The van der Waals surface area contributed by atoms with Gasteiger partial charge in [-0.2, -0.15) is 0 Å². The lowest BCUT2D eigenvalue weighted by Gasteiger charge is -2.15. The molecule has 26 heavy (non-hydrogen) atoms. The molecule has 0 saturated heterocycles. The van der Waals surface area contributed by atoms with Gasteiger partial charge >= 0.3 is 5.97 Å². The van der Waals surface area contributed by atoms with Crippen LogP contribution in [0.2, 0.25) is 0 Å². The standard InChI is InChI=1S/C21H20O5/c1-13(2)14-4-6-15(7-5-14)18(22)11-17(21(23)24-3)16-8-9-19-20(10-16)26-12-25-19/h4-10,17H,1,11-12H2,2-3H3. The van der Waals surface area contributed by atoms with Crippen LogP contribution in [-0.2, 0) is 9.53 Å². The Bertz CT molecular complexity index is 851. The van der Waals surface area contributed by atoms with Gasteiger partial charge in [0.25, 0.3) is 0 Å². The molecule has 5 heteroatoms. The molecule has 1 atom stereocenters. The van der Waals surface area contributed by atoms with Gasteiger partial charge in [-0.3, -0.25) is 9.59 Å². The SMILES string of the molecule is C=C(C)c1ccc(C(=O)CC(C(=O)OC)c2ccc3c(c2)OCO3)cc1. The van der Waals surface area contributed by atoms with Crippen molar-refractivity contribution in [1.29, 1.82) is 0 Å². The third-order valence-corrected chi connectivity index (χ3v) is 4.37. The molecule has 0 aromatic heterocycles. The molecule has 1 aliphatic heterocycles. The monoisotopic (exact) mass is 352 g/mol. The van der Waals surface area contributed by atoms with Crippen LogP contribution in [0.25, 0.3) is 5.57 Å². The van der Waals surface area contributed by atoms with Crippen molar-refractivity contribution in [3.63, 3.8) is 0 Å². The van der Waals surface area contributed by atoms with E-state index in [1.54, 1.807) is 30.3 Å². The molecule has 134 valence electrons. The Kier molecular flexibility index (Phi) is 5.07. The predicted octanol–water partition coefficient (Wildman–Crippen LogP) is 3.98. The van der Waals surface area contributed by atoms with E-state index in [1.807, 2.05) is 19.1 Å². The minimum atomic E-state index is -0.706. The van der Waals surface area contributed by atoms with Gasteiger partial charge in [-0.15, -0.1) is 0 Å². The Morgan fingerprint density at radius 2 is 1.73 bits per heavy atom. The fourth-order valence-electron chi connectivity index (χ4n) is 2.85. The van der Waals surface area contributed by atoms with Crippen LogP contribution in [0.3, 0.4) is 0 Å². The largest absolute Gasteiger partial charge is 0.469 e. The summed E-state index contributed by atoms with van der Waals surface area (Å²) >= 11 is 0. The van der Waals surface area contributed by atoms with Crippen molar-refractivity contribution in [2.24, 2.45) is 0 Å². The number of esters is 1. The Morgan fingerprint density at radius 3 is 2.38 bits per heavy atom. The second-order valence-electron chi connectivity index (χ2n) is 6.17. The van der Waals surface area contributed by atoms with Crippen LogP contribution in [0.5, 0.6) is 11.5 Å². The van der Waals surface area contributed by atoms with Gasteiger partial charge in [0.15, 0.2) is 17.3 Å². The number of fused-ring (bicyclic) bond motifs is 1. The number of rotatable bonds is 6. The topological polar surface area (TPSA) is 61.8 Å². The molecular formula is C21H20O5. The summed E-state index contributed by atoms with van der Waals surface area (Å²) in [6.07, 6.45) is 0.0126. The Labute approximate surface area is 152 Å². The number of methoxy groups -OCH3 is 1. The quantitative estimate of drug-likeness (QED) is 0.581. The average Bonchev–Trinajstić information content (AvgIpc) is 3.13. The number of allylic oxidation sites excluding steroid dienone is 1. The molecule has 2 aromatic carbocycles. The maximum atomic E-state index is 12.7. The number of hydrogen-bond donors (Lipinski definition) is 0. The Hall–Kier alpha value is -3.08. The average molecular weight is 352 g/mol. The summed E-state index contributed by atoms with van der Waals surface area (Å²) in [7, 11) is 1.31. The van der Waals surface area contributed by atoms with E-state index in [0.717, 1.165) is 11.1 Å². The zero-order valence-corrected chi connectivity index (χ0v) is 14.8. The van der Waals surface area contributed by atoms with E-state index in [0.29, 0.717) is 22.6 Å². The molecule has 0 aliphatic carbocycles. The number of ether oxygens (including phenoxy) is 3. The number of Topliss-reactive ketones (excluding diaryl/α,β-unsaturated/α-hetero) is 1. The van der Waals surface area contributed by atoms with Gasteiger partial charge in [-0.25, -0.2) is 0 Å². The maximum Gasteiger partial charge on any atom is 0.313 e. The van der Waals surface area contributed by atoms with Crippen LogP contribution in [-0.4, -0.2) is 25.7 Å². The summed E-state index contributed by atoms with van der Waals surface area (Å²) in [5.41, 5.74) is 3.11. The molecule has 0 amide bonds. The minimum absolute atomic E-state index is 0.0126. The molecule has 0 fully saturated rings. The second kappa shape index (κ2) is 7.44.